The Morgan fingerprint density at radius 3 is 2.71 bits per heavy atom. The molecule has 0 aromatic heterocycles. The van der Waals surface area contributed by atoms with Crippen LogP contribution in [0.1, 0.15) is 34.8 Å². The molecule has 2 N–H and O–H groups in total. The molecule has 0 saturated carbocycles. The van der Waals surface area contributed by atoms with Gasteiger partial charge in [0.2, 0.25) is 0 Å². The van der Waals surface area contributed by atoms with Crippen molar-refractivity contribution < 1.29 is 9.18 Å². The number of carbonyl (C=O) groups is 1. The molecule has 108 valence electrons. The van der Waals surface area contributed by atoms with Gasteiger partial charge in [-0.2, -0.15) is 0 Å². The SMILES string of the molecule is Nc1ccc(F)cc1C(=O)N1CCCC1c1ccccc1. The lowest BCUT2D eigenvalue weighted by Gasteiger charge is -2.25. The van der Waals surface area contributed by atoms with Crippen LogP contribution in [-0.4, -0.2) is 17.4 Å². The number of likely N-dealkylation sites (tertiary alicyclic amines) is 1. The third-order valence-electron chi connectivity index (χ3n) is 3.94. The molecule has 2 aromatic rings. The summed E-state index contributed by atoms with van der Waals surface area (Å²) >= 11 is 0. The molecule has 1 aliphatic rings. The van der Waals surface area contributed by atoms with Gasteiger partial charge >= 0.3 is 0 Å². The molecule has 3 rings (SSSR count). The van der Waals surface area contributed by atoms with Crippen LogP contribution in [0.25, 0.3) is 0 Å². The van der Waals surface area contributed by atoms with Crippen LogP contribution in [0.4, 0.5) is 10.1 Å². The fourth-order valence-electron chi connectivity index (χ4n) is 2.90. The predicted octanol–water partition coefficient (Wildman–Crippen LogP) is 3.39. The lowest BCUT2D eigenvalue weighted by atomic mass is 10.0. The second kappa shape index (κ2) is 5.56. The van der Waals surface area contributed by atoms with Gasteiger partial charge in [0.25, 0.3) is 5.91 Å². The second-order valence-electron chi connectivity index (χ2n) is 5.30. The maximum absolute atomic E-state index is 13.4. The summed E-state index contributed by atoms with van der Waals surface area (Å²) in [5, 5.41) is 0. The third kappa shape index (κ3) is 2.61. The summed E-state index contributed by atoms with van der Waals surface area (Å²) in [5.41, 5.74) is 7.51. The highest BCUT2D eigenvalue weighted by Gasteiger charge is 2.31. The highest BCUT2D eigenvalue weighted by atomic mass is 19.1. The zero-order valence-corrected chi connectivity index (χ0v) is 11.6. The van der Waals surface area contributed by atoms with Gasteiger partial charge in [0.1, 0.15) is 5.82 Å². The number of hydrogen-bond donors (Lipinski definition) is 1. The number of nitrogen functional groups attached to an aromatic ring is 1. The molecule has 2 aromatic carbocycles. The Balaban J connectivity index is 1.92. The average molecular weight is 284 g/mol. The van der Waals surface area contributed by atoms with Crippen molar-refractivity contribution in [1.82, 2.24) is 4.90 Å². The molecule has 3 nitrogen and oxygen atoms in total. The largest absolute Gasteiger partial charge is 0.398 e. The summed E-state index contributed by atoms with van der Waals surface area (Å²) in [4.78, 5) is 14.5. The van der Waals surface area contributed by atoms with Crippen LogP contribution in [0.2, 0.25) is 0 Å². The fraction of sp³-hybridized carbons (Fsp3) is 0.235. The van der Waals surface area contributed by atoms with E-state index in [0.29, 0.717) is 12.2 Å². The summed E-state index contributed by atoms with van der Waals surface area (Å²) in [5.74, 6) is -0.638. The molecule has 4 heteroatoms. The van der Waals surface area contributed by atoms with Crippen molar-refractivity contribution in [2.24, 2.45) is 0 Å². The standard InChI is InChI=1S/C17H17FN2O/c18-13-8-9-15(19)14(11-13)17(21)20-10-4-7-16(20)12-5-2-1-3-6-12/h1-3,5-6,8-9,11,16H,4,7,10,19H2. The molecule has 0 bridgehead atoms. The molecule has 1 fully saturated rings. The zero-order valence-electron chi connectivity index (χ0n) is 11.6. The smallest absolute Gasteiger partial charge is 0.256 e. The summed E-state index contributed by atoms with van der Waals surface area (Å²) in [6, 6.07) is 13.9. The van der Waals surface area contributed by atoms with Crippen molar-refractivity contribution in [3.05, 3.63) is 65.5 Å². The van der Waals surface area contributed by atoms with Gasteiger partial charge in [-0.3, -0.25) is 4.79 Å². The van der Waals surface area contributed by atoms with E-state index in [4.69, 9.17) is 5.73 Å². The molecule has 1 aliphatic heterocycles. The fourth-order valence-corrected chi connectivity index (χ4v) is 2.90. The molecular formula is C17H17FN2O. The zero-order chi connectivity index (χ0) is 14.8. The Kier molecular flexibility index (Phi) is 3.60. The summed E-state index contributed by atoms with van der Waals surface area (Å²) in [6.45, 7) is 0.675. The molecule has 1 unspecified atom stereocenters. The van der Waals surface area contributed by atoms with E-state index in [9.17, 15) is 9.18 Å². The first-order valence-corrected chi connectivity index (χ1v) is 7.08. The van der Waals surface area contributed by atoms with E-state index in [1.54, 1.807) is 4.90 Å². The maximum Gasteiger partial charge on any atom is 0.256 e. The quantitative estimate of drug-likeness (QED) is 0.859. The average Bonchev–Trinajstić information content (AvgIpc) is 2.99. The van der Waals surface area contributed by atoms with Gasteiger partial charge in [-0.15, -0.1) is 0 Å². The van der Waals surface area contributed by atoms with Crippen molar-refractivity contribution in [2.45, 2.75) is 18.9 Å². The van der Waals surface area contributed by atoms with E-state index in [1.165, 1.54) is 18.2 Å². The van der Waals surface area contributed by atoms with E-state index in [1.807, 2.05) is 30.3 Å². The minimum Gasteiger partial charge on any atom is -0.398 e. The van der Waals surface area contributed by atoms with E-state index < -0.39 is 5.82 Å². The van der Waals surface area contributed by atoms with E-state index in [0.717, 1.165) is 18.4 Å². The Hall–Kier alpha value is -2.36. The lowest BCUT2D eigenvalue weighted by molar-refractivity contribution is 0.0736. The van der Waals surface area contributed by atoms with Crippen LogP contribution in [0.3, 0.4) is 0 Å². The van der Waals surface area contributed by atoms with Crippen molar-refractivity contribution in [1.29, 1.82) is 0 Å². The second-order valence-corrected chi connectivity index (χ2v) is 5.30. The van der Waals surface area contributed by atoms with Crippen molar-refractivity contribution in [3.63, 3.8) is 0 Å². The molecule has 1 saturated heterocycles. The number of amides is 1. The Morgan fingerprint density at radius 1 is 1.19 bits per heavy atom. The third-order valence-corrected chi connectivity index (χ3v) is 3.94. The highest BCUT2D eigenvalue weighted by Crippen LogP contribution is 2.33. The number of benzene rings is 2. The first-order chi connectivity index (χ1) is 10.2. The summed E-state index contributed by atoms with van der Waals surface area (Å²) in [6.07, 6.45) is 1.87. The molecule has 0 spiro atoms. The number of halogens is 1. The Morgan fingerprint density at radius 2 is 1.95 bits per heavy atom. The van der Waals surface area contributed by atoms with E-state index in [2.05, 4.69) is 0 Å². The van der Waals surface area contributed by atoms with Crippen LogP contribution in [0, 0.1) is 5.82 Å². The number of carbonyl (C=O) groups excluding carboxylic acids is 1. The van der Waals surface area contributed by atoms with Gasteiger partial charge in [-0.05, 0) is 36.6 Å². The summed E-state index contributed by atoms with van der Waals surface area (Å²) < 4.78 is 13.4. The number of rotatable bonds is 2. The molecule has 1 heterocycles. The van der Waals surface area contributed by atoms with Crippen LogP contribution in [0.5, 0.6) is 0 Å². The van der Waals surface area contributed by atoms with Gasteiger partial charge in [0.05, 0.1) is 11.6 Å². The summed E-state index contributed by atoms with van der Waals surface area (Å²) in [7, 11) is 0. The lowest BCUT2D eigenvalue weighted by Crippen LogP contribution is -2.31. The topological polar surface area (TPSA) is 46.3 Å². The van der Waals surface area contributed by atoms with Crippen LogP contribution in [0.15, 0.2) is 48.5 Å². The molecule has 0 radical (unpaired) electrons. The first-order valence-electron chi connectivity index (χ1n) is 7.08. The number of hydrogen-bond acceptors (Lipinski definition) is 2. The Bertz CT molecular complexity index is 657. The van der Waals surface area contributed by atoms with E-state index in [-0.39, 0.29) is 17.5 Å². The van der Waals surface area contributed by atoms with Gasteiger partial charge in [-0.25, -0.2) is 4.39 Å². The van der Waals surface area contributed by atoms with Gasteiger partial charge in [-0.1, -0.05) is 30.3 Å². The molecule has 1 atom stereocenters. The van der Waals surface area contributed by atoms with Gasteiger partial charge in [0, 0.05) is 12.2 Å². The van der Waals surface area contributed by atoms with Crippen LogP contribution < -0.4 is 5.73 Å². The number of anilines is 1. The minimum absolute atomic E-state index is 0.0429. The predicted molar refractivity (Wildman–Crippen MR) is 80.3 cm³/mol. The molecule has 1 amide bonds. The number of nitrogens with zero attached hydrogens (tertiary/aromatic N) is 1. The Labute approximate surface area is 123 Å². The van der Waals surface area contributed by atoms with Crippen LogP contribution >= 0.6 is 0 Å². The highest BCUT2D eigenvalue weighted by molar-refractivity contribution is 5.99. The van der Waals surface area contributed by atoms with Gasteiger partial charge in [0.15, 0.2) is 0 Å². The van der Waals surface area contributed by atoms with E-state index >= 15 is 0 Å². The van der Waals surface area contributed by atoms with Crippen LogP contribution in [-0.2, 0) is 0 Å². The maximum atomic E-state index is 13.4. The minimum atomic E-state index is -0.442. The van der Waals surface area contributed by atoms with Crippen molar-refractivity contribution in [3.8, 4) is 0 Å². The van der Waals surface area contributed by atoms with Crippen molar-refractivity contribution in [2.75, 3.05) is 12.3 Å². The van der Waals surface area contributed by atoms with Gasteiger partial charge < -0.3 is 10.6 Å². The first kappa shape index (κ1) is 13.6. The molecule has 0 aliphatic carbocycles. The molecule has 21 heavy (non-hydrogen) atoms. The molecular weight excluding hydrogens is 267 g/mol. The van der Waals surface area contributed by atoms with Crippen molar-refractivity contribution >= 4 is 11.6 Å². The monoisotopic (exact) mass is 284 g/mol. The normalized spacial score (nSPS) is 18.0. The number of nitrogens with two attached hydrogens (primary N) is 1.